The average molecular weight is 590 g/mol. The quantitative estimate of drug-likeness (QED) is 0.302. The predicted octanol–water partition coefficient (Wildman–Crippen LogP) is 5.00. The van der Waals surface area contributed by atoms with Gasteiger partial charge in [-0.2, -0.15) is 10.5 Å². The molecular weight excluding hydrogens is 579 g/mol. The van der Waals surface area contributed by atoms with E-state index in [1.807, 2.05) is 12.1 Å². The topological polar surface area (TPSA) is 85.9 Å². The maximum absolute atomic E-state index is 12.3. The lowest BCUT2D eigenvalue weighted by atomic mass is 10.1. The van der Waals surface area contributed by atoms with Crippen LogP contribution in [0.4, 0.5) is 5.69 Å². The molecule has 0 spiro atoms. The van der Waals surface area contributed by atoms with Crippen molar-refractivity contribution in [3.8, 4) is 17.9 Å². The fraction of sp³-hybridized carbons (Fsp3) is 0.0556. The number of hydrogen-bond acceptors (Lipinski definition) is 4. The van der Waals surface area contributed by atoms with Gasteiger partial charge in [0.15, 0.2) is 6.61 Å². The molecule has 0 atom stereocenters. The zero-order valence-corrected chi connectivity index (χ0v) is 18.2. The number of ether oxygens (including phenoxy) is 1. The van der Waals surface area contributed by atoms with Crippen molar-refractivity contribution in [2.24, 2.45) is 0 Å². The van der Waals surface area contributed by atoms with Gasteiger partial charge in [0.2, 0.25) is 0 Å². The molecule has 1 amide bonds. The Bertz CT molecular complexity index is 921. The van der Waals surface area contributed by atoms with Gasteiger partial charge in [-0.1, -0.05) is 11.6 Å². The zero-order valence-electron chi connectivity index (χ0n) is 13.1. The number of nitriles is 2. The number of nitrogens with one attached hydrogen (secondary N) is 1. The van der Waals surface area contributed by atoms with Crippen LogP contribution >= 0.6 is 56.8 Å². The molecule has 0 saturated heterocycles. The van der Waals surface area contributed by atoms with Crippen molar-refractivity contribution in [1.29, 1.82) is 10.5 Å². The van der Waals surface area contributed by atoms with Gasteiger partial charge in [0.1, 0.15) is 23.5 Å². The SMILES string of the molecule is N#CCOc1c(I)cc(/C=C(/C#N)C(=O)Nc2ccc(Cl)cc2)cc1I. The van der Waals surface area contributed by atoms with Gasteiger partial charge < -0.3 is 10.1 Å². The van der Waals surface area contributed by atoms with E-state index in [0.717, 1.165) is 7.14 Å². The van der Waals surface area contributed by atoms with E-state index in [9.17, 15) is 10.1 Å². The zero-order chi connectivity index (χ0) is 19.1. The number of benzene rings is 2. The number of nitrogens with zero attached hydrogens (tertiary/aromatic N) is 2. The second-order valence-electron chi connectivity index (χ2n) is 4.89. The highest BCUT2D eigenvalue weighted by atomic mass is 127. The molecule has 26 heavy (non-hydrogen) atoms. The number of carbonyl (C=O) groups is 1. The van der Waals surface area contributed by atoms with E-state index < -0.39 is 5.91 Å². The van der Waals surface area contributed by atoms with Crippen LogP contribution in [0.3, 0.4) is 0 Å². The van der Waals surface area contributed by atoms with E-state index in [1.165, 1.54) is 6.08 Å². The molecule has 8 heteroatoms. The van der Waals surface area contributed by atoms with Gasteiger partial charge in [-0.15, -0.1) is 0 Å². The second-order valence-corrected chi connectivity index (χ2v) is 7.65. The number of halogens is 3. The molecule has 0 heterocycles. The molecule has 0 aliphatic carbocycles. The normalized spacial score (nSPS) is 10.6. The summed E-state index contributed by atoms with van der Waals surface area (Å²) in [7, 11) is 0. The summed E-state index contributed by atoms with van der Waals surface area (Å²) in [4.78, 5) is 12.3. The summed E-state index contributed by atoms with van der Waals surface area (Å²) in [6.07, 6.45) is 1.50. The standard InChI is InChI=1S/C18H10ClI2N3O2/c19-13-1-3-14(4-2-13)24-18(25)12(10-23)7-11-8-15(20)17(16(21)9-11)26-6-5-22/h1-4,7-9H,6H2,(H,24,25)/b12-7-. The summed E-state index contributed by atoms with van der Waals surface area (Å²) in [5.74, 6) is 0.0960. The number of anilines is 1. The van der Waals surface area contributed by atoms with E-state index in [1.54, 1.807) is 36.4 Å². The Kier molecular flexibility index (Phi) is 7.69. The van der Waals surface area contributed by atoms with Crippen LogP contribution in [0.5, 0.6) is 5.75 Å². The van der Waals surface area contributed by atoms with Gasteiger partial charge in [-0.05, 0) is 93.2 Å². The molecule has 5 nitrogen and oxygen atoms in total. The first-order valence-corrected chi connectivity index (χ1v) is 9.65. The fourth-order valence-corrected chi connectivity index (χ4v) is 4.21. The molecule has 0 bridgehead atoms. The lowest BCUT2D eigenvalue weighted by molar-refractivity contribution is -0.112. The Hall–Kier alpha value is -1.82. The van der Waals surface area contributed by atoms with Crippen molar-refractivity contribution in [3.05, 3.63) is 59.7 Å². The Balaban J connectivity index is 2.25. The molecule has 0 aromatic heterocycles. The third-order valence-corrected chi connectivity index (χ3v) is 4.93. The van der Waals surface area contributed by atoms with Crippen LogP contribution in [0.25, 0.3) is 6.08 Å². The van der Waals surface area contributed by atoms with Gasteiger partial charge in [0, 0.05) is 10.7 Å². The molecule has 0 fully saturated rings. The lowest BCUT2D eigenvalue weighted by Crippen LogP contribution is -2.13. The van der Waals surface area contributed by atoms with Crippen molar-refractivity contribution < 1.29 is 9.53 Å². The first kappa shape index (κ1) is 20.5. The summed E-state index contributed by atoms with van der Waals surface area (Å²) in [5.41, 5.74) is 1.20. The lowest BCUT2D eigenvalue weighted by Gasteiger charge is -2.09. The van der Waals surface area contributed by atoms with E-state index >= 15 is 0 Å². The summed E-state index contributed by atoms with van der Waals surface area (Å²) in [6.45, 7) is -0.0475. The number of hydrogen-bond donors (Lipinski definition) is 1. The molecule has 0 unspecified atom stereocenters. The summed E-state index contributed by atoms with van der Waals surface area (Å²) in [6, 6.07) is 14.0. The third-order valence-electron chi connectivity index (χ3n) is 3.08. The van der Waals surface area contributed by atoms with Gasteiger partial charge >= 0.3 is 0 Å². The number of rotatable bonds is 5. The monoisotopic (exact) mass is 589 g/mol. The van der Waals surface area contributed by atoms with Crippen molar-refractivity contribution in [1.82, 2.24) is 0 Å². The van der Waals surface area contributed by atoms with Crippen LogP contribution in [0.1, 0.15) is 5.56 Å². The second kappa shape index (κ2) is 9.76. The molecule has 1 N–H and O–H groups in total. The minimum atomic E-state index is -0.510. The highest BCUT2D eigenvalue weighted by molar-refractivity contribution is 14.1. The van der Waals surface area contributed by atoms with Crippen LogP contribution in [-0.2, 0) is 4.79 Å². The molecule has 2 aromatic rings. The smallest absolute Gasteiger partial charge is 0.266 e. The maximum atomic E-state index is 12.3. The Morgan fingerprint density at radius 2 is 1.81 bits per heavy atom. The van der Waals surface area contributed by atoms with Crippen molar-refractivity contribution in [2.75, 3.05) is 11.9 Å². The van der Waals surface area contributed by atoms with Crippen molar-refractivity contribution in [2.45, 2.75) is 0 Å². The minimum absolute atomic E-state index is 0.0303. The first-order chi connectivity index (χ1) is 12.4. The van der Waals surface area contributed by atoms with Crippen molar-refractivity contribution in [3.63, 3.8) is 0 Å². The maximum Gasteiger partial charge on any atom is 0.266 e. The average Bonchev–Trinajstić information content (AvgIpc) is 2.61. The van der Waals surface area contributed by atoms with Gasteiger partial charge in [-0.3, -0.25) is 4.79 Å². The van der Waals surface area contributed by atoms with E-state index in [4.69, 9.17) is 21.6 Å². The Morgan fingerprint density at radius 1 is 1.19 bits per heavy atom. The molecule has 2 rings (SSSR count). The Labute approximate surface area is 182 Å². The predicted molar refractivity (Wildman–Crippen MR) is 117 cm³/mol. The third kappa shape index (κ3) is 5.59. The minimum Gasteiger partial charge on any atom is -0.477 e. The molecule has 0 aliphatic heterocycles. The molecule has 2 aromatic carbocycles. The van der Waals surface area contributed by atoms with Crippen LogP contribution in [0.15, 0.2) is 42.0 Å². The molecular formula is C18H10ClI2N3O2. The summed E-state index contributed by atoms with van der Waals surface area (Å²) in [5, 5.41) is 21.2. The van der Waals surface area contributed by atoms with Crippen LogP contribution in [-0.4, -0.2) is 12.5 Å². The molecule has 130 valence electrons. The molecule has 0 saturated carbocycles. The van der Waals surface area contributed by atoms with E-state index in [0.29, 0.717) is 22.0 Å². The summed E-state index contributed by atoms with van der Waals surface area (Å²) < 4.78 is 6.95. The number of carbonyl (C=O) groups excluding carboxylic acids is 1. The molecule has 0 radical (unpaired) electrons. The van der Waals surface area contributed by atoms with Crippen LogP contribution in [0, 0.1) is 29.8 Å². The first-order valence-electron chi connectivity index (χ1n) is 7.12. The van der Waals surface area contributed by atoms with Gasteiger partial charge in [0.05, 0.1) is 7.14 Å². The molecule has 0 aliphatic rings. The number of amides is 1. The van der Waals surface area contributed by atoms with E-state index in [2.05, 4.69) is 50.5 Å². The Morgan fingerprint density at radius 3 is 2.35 bits per heavy atom. The van der Waals surface area contributed by atoms with E-state index in [-0.39, 0.29) is 12.2 Å². The van der Waals surface area contributed by atoms with Crippen LogP contribution < -0.4 is 10.1 Å². The summed E-state index contributed by atoms with van der Waals surface area (Å²) >= 11 is 9.98. The largest absolute Gasteiger partial charge is 0.477 e. The highest BCUT2D eigenvalue weighted by Gasteiger charge is 2.12. The highest BCUT2D eigenvalue weighted by Crippen LogP contribution is 2.30. The van der Waals surface area contributed by atoms with Gasteiger partial charge in [0.25, 0.3) is 5.91 Å². The fourth-order valence-electron chi connectivity index (χ4n) is 1.95. The van der Waals surface area contributed by atoms with Crippen LogP contribution in [0.2, 0.25) is 5.02 Å². The van der Waals surface area contributed by atoms with Crippen molar-refractivity contribution >= 4 is 74.5 Å². The van der Waals surface area contributed by atoms with Gasteiger partial charge in [-0.25, -0.2) is 0 Å².